The van der Waals surface area contributed by atoms with Gasteiger partial charge in [-0.15, -0.1) is 0 Å². The molecular weight excluding hydrogens is 655 g/mol. The van der Waals surface area contributed by atoms with Gasteiger partial charge in [-0.05, 0) is 74.4 Å². The van der Waals surface area contributed by atoms with E-state index in [9.17, 15) is 19.2 Å². The molecular formula is C38H47N5O6S. The monoisotopic (exact) mass is 701 g/mol. The molecule has 266 valence electrons. The maximum atomic E-state index is 12.1. The molecule has 0 bridgehead atoms. The zero-order chi connectivity index (χ0) is 35.7. The van der Waals surface area contributed by atoms with Crippen LogP contribution < -0.4 is 31.0 Å². The van der Waals surface area contributed by atoms with Gasteiger partial charge in [0.1, 0.15) is 11.8 Å². The summed E-state index contributed by atoms with van der Waals surface area (Å²) in [6.45, 7) is 2.93. The van der Waals surface area contributed by atoms with Gasteiger partial charge in [0, 0.05) is 24.2 Å². The van der Waals surface area contributed by atoms with E-state index in [4.69, 9.17) is 15.3 Å². The van der Waals surface area contributed by atoms with Crippen LogP contribution in [-0.2, 0) is 14.4 Å². The fourth-order valence-corrected chi connectivity index (χ4v) is 6.19. The Morgan fingerprint density at radius 1 is 1.02 bits per heavy atom. The van der Waals surface area contributed by atoms with E-state index in [1.807, 2.05) is 78.9 Å². The van der Waals surface area contributed by atoms with Crippen molar-refractivity contribution in [3.8, 4) is 11.5 Å². The zero-order valence-electron chi connectivity index (χ0n) is 28.6. The molecule has 6 rings (SSSR count). The number of nitrogens with zero attached hydrogens (tertiary/aromatic N) is 1. The summed E-state index contributed by atoms with van der Waals surface area (Å²) in [5.74, 6) is 1.30. The van der Waals surface area contributed by atoms with Gasteiger partial charge < -0.3 is 30.5 Å². The number of fused-ring (bicyclic) bond motifs is 1. The second-order valence-corrected chi connectivity index (χ2v) is 13.1. The molecule has 11 nitrogen and oxygen atoms in total. The minimum Gasteiger partial charge on any atom is -0.497 e. The number of anilines is 1. The number of carbonyl (C=O) groups excluding carboxylic acids is 3. The first kappa shape index (κ1) is 37.7. The number of unbranched alkanes of at least 4 members (excludes halogenated alkanes) is 3. The number of para-hydroxylation sites is 2. The third-order valence-corrected chi connectivity index (χ3v) is 9.15. The van der Waals surface area contributed by atoms with E-state index in [0.717, 1.165) is 40.9 Å². The van der Waals surface area contributed by atoms with Crippen LogP contribution in [0, 0.1) is 11.8 Å². The molecule has 3 atom stereocenters. The van der Waals surface area contributed by atoms with E-state index in [0.29, 0.717) is 24.6 Å². The number of benzene rings is 3. The van der Waals surface area contributed by atoms with Gasteiger partial charge in [-0.1, -0.05) is 79.7 Å². The number of carbonyl (C=O) groups is 3. The molecule has 50 heavy (non-hydrogen) atoms. The number of nitrogens with one attached hydrogen (secondary N) is 3. The first-order valence-corrected chi connectivity index (χ1v) is 17.8. The van der Waals surface area contributed by atoms with Crippen molar-refractivity contribution in [1.82, 2.24) is 15.4 Å². The van der Waals surface area contributed by atoms with Crippen molar-refractivity contribution in [3.05, 3.63) is 101 Å². The Kier molecular flexibility index (Phi) is 14.9. The summed E-state index contributed by atoms with van der Waals surface area (Å²) in [5.41, 5.74) is 9.56. The van der Waals surface area contributed by atoms with Gasteiger partial charge in [-0.25, -0.2) is 0 Å². The number of nitrogens with two attached hydrogens (primary N) is 1. The number of hydrogen-bond acceptors (Lipinski definition) is 8. The Morgan fingerprint density at radius 2 is 1.78 bits per heavy atom. The minimum atomic E-state index is -0.463. The summed E-state index contributed by atoms with van der Waals surface area (Å²) < 4.78 is 6.13. The topological polar surface area (TPSA) is 156 Å². The lowest BCUT2D eigenvalue weighted by atomic mass is 10.2. The molecule has 1 saturated heterocycles. The van der Waals surface area contributed by atoms with Gasteiger partial charge in [-0.2, -0.15) is 5.48 Å². The molecule has 1 aliphatic carbocycles. The number of likely N-dealkylation sites (tertiary alicyclic amines) is 1. The van der Waals surface area contributed by atoms with Gasteiger partial charge in [0.25, 0.3) is 5.91 Å². The van der Waals surface area contributed by atoms with Crippen molar-refractivity contribution in [2.45, 2.75) is 57.9 Å². The van der Waals surface area contributed by atoms with E-state index in [2.05, 4.69) is 34.9 Å². The quantitative estimate of drug-likeness (QED) is 0.0752. The van der Waals surface area contributed by atoms with Gasteiger partial charge in [0.05, 0.1) is 23.9 Å². The highest BCUT2D eigenvalue weighted by atomic mass is 32.1. The van der Waals surface area contributed by atoms with Crippen molar-refractivity contribution in [2.24, 2.45) is 17.6 Å². The fourth-order valence-electron chi connectivity index (χ4n) is 5.45. The van der Waals surface area contributed by atoms with Gasteiger partial charge in [-0.3, -0.25) is 19.2 Å². The molecule has 2 heterocycles. The van der Waals surface area contributed by atoms with Crippen LogP contribution in [0.4, 0.5) is 5.69 Å². The smallest absolute Gasteiger partial charge is 0.305 e. The zero-order valence-corrected chi connectivity index (χ0v) is 29.5. The summed E-state index contributed by atoms with van der Waals surface area (Å²) in [6, 6.07) is 23.8. The van der Waals surface area contributed by atoms with Crippen LogP contribution in [0.3, 0.4) is 0 Å². The molecule has 3 amide bonds. The molecule has 5 N–H and O–H groups in total. The lowest BCUT2D eigenvalue weighted by Gasteiger charge is -2.22. The second kappa shape index (κ2) is 19.8. The lowest BCUT2D eigenvalue weighted by Crippen LogP contribution is -2.45. The summed E-state index contributed by atoms with van der Waals surface area (Å²) in [7, 11) is 1.59. The Labute approximate surface area is 296 Å². The Balaban J connectivity index is 0.000000178. The first-order chi connectivity index (χ1) is 24.3. The van der Waals surface area contributed by atoms with Crippen molar-refractivity contribution >= 4 is 45.0 Å². The molecule has 1 aromatic heterocycles. The number of primary amides is 1. The molecule has 2 fully saturated rings. The number of H-pyrrole nitrogens is 1. The van der Waals surface area contributed by atoms with Gasteiger partial charge >= 0.3 is 4.87 Å². The number of rotatable bonds is 13. The van der Waals surface area contributed by atoms with E-state index in [-0.39, 0.29) is 29.1 Å². The van der Waals surface area contributed by atoms with Gasteiger partial charge in [0.2, 0.25) is 11.8 Å². The van der Waals surface area contributed by atoms with Gasteiger partial charge in [0.15, 0.2) is 5.75 Å². The summed E-state index contributed by atoms with van der Waals surface area (Å²) in [5, 5.41) is 3.03. The largest absolute Gasteiger partial charge is 0.497 e. The summed E-state index contributed by atoms with van der Waals surface area (Å²) >= 11 is 1.24. The van der Waals surface area contributed by atoms with Crippen molar-refractivity contribution in [2.75, 3.05) is 25.5 Å². The van der Waals surface area contributed by atoms with Crippen LogP contribution in [0.2, 0.25) is 0 Å². The Bertz CT molecular complexity index is 1720. The van der Waals surface area contributed by atoms with Crippen molar-refractivity contribution in [1.29, 1.82) is 0 Å². The predicted octanol–water partition coefficient (Wildman–Crippen LogP) is 6.04. The number of ether oxygens (including phenoxy) is 1. The number of hydrogen-bond donors (Lipinski definition) is 4. The highest BCUT2D eigenvalue weighted by Gasteiger charge is 2.41. The van der Waals surface area contributed by atoms with E-state index in [1.54, 1.807) is 12.0 Å². The van der Waals surface area contributed by atoms with Crippen LogP contribution in [0.1, 0.15) is 51.9 Å². The van der Waals surface area contributed by atoms with Crippen LogP contribution >= 0.6 is 11.3 Å². The number of hydroxylamine groups is 1. The van der Waals surface area contributed by atoms with E-state index in [1.165, 1.54) is 30.6 Å². The Morgan fingerprint density at radius 3 is 2.52 bits per heavy atom. The average Bonchev–Trinajstić information content (AvgIpc) is 3.53. The first-order valence-electron chi connectivity index (χ1n) is 17.0. The molecule has 3 aromatic carbocycles. The number of thiazole rings is 1. The minimum absolute atomic E-state index is 0.0150. The number of allylic oxidation sites excluding steroid dienone is 2. The third kappa shape index (κ3) is 12.1. The molecule has 12 heteroatoms. The molecule has 1 aliphatic heterocycles. The SMILES string of the molecule is CCCCC/C=C\C1CC1C(=O)NOc1ccccc1.COc1cccc(NCC(=O)N2CCCC2C(N)=O)c1.O=c1[nH]c2ccccc2s1. The highest BCUT2D eigenvalue weighted by molar-refractivity contribution is 7.16. The second-order valence-electron chi connectivity index (χ2n) is 12.1. The number of aromatic amines is 1. The maximum absolute atomic E-state index is 12.1. The molecule has 3 unspecified atom stereocenters. The molecule has 1 saturated carbocycles. The molecule has 0 spiro atoms. The predicted molar refractivity (Wildman–Crippen MR) is 198 cm³/mol. The van der Waals surface area contributed by atoms with Crippen LogP contribution in [0.15, 0.2) is 95.8 Å². The van der Waals surface area contributed by atoms with Crippen LogP contribution in [0.25, 0.3) is 10.2 Å². The van der Waals surface area contributed by atoms with Crippen LogP contribution in [-0.4, -0.2) is 53.8 Å². The number of methoxy groups -OCH3 is 1. The highest BCUT2D eigenvalue weighted by Crippen LogP contribution is 2.40. The van der Waals surface area contributed by atoms with E-state index >= 15 is 0 Å². The molecule has 4 aromatic rings. The van der Waals surface area contributed by atoms with E-state index < -0.39 is 11.9 Å². The number of amides is 3. The van der Waals surface area contributed by atoms with Crippen molar-refractivity contribution in [3.63, 3.8) is 0 Å². The molecule has 0 radical (unpaired) electrons. The molecule has 2 aliphatic rings. The summed E-state index contributed by atoms with van der Waals surface area (Å²) in [6.07, 6.45) is 11.7. The standard InChI is InChI=1S/C17H23NO2.C14H19N3O3.C7H5NOS/c1-2-3-4-5-7-10-14-13-16(14)17(19)18-20-15-11-8-6-9-12-15;1-20-11-5-2-4-10(8-11)16-9-13(18)17-7-3-6-12(17)14(15)19;9-7-8-5-3-1-2-4-6(5)10-7/h6-12,14,16H,2-5,13H2,1H3,(H,18,19);2,4-5,8,12,16H,3,6-7,9H2,1H3,(H2,15,19);1-4H,(H,8,9)/b10-7-;;. The Hall–Kier alpha value is -5.10. The summed E-state index contributed by atoms with van der Waals surface area (Å²) in [4.78, 5) is 55.5. The maximum Gasteiger partial charge on any atom is 0.305 e. The van der Waals surface area contributed by atoms with Crippen LogP contribution in [0.5, 0.6) is 11.5 Å². The normalized spacial score (nSPS) is 17.6. The van der Waals surface area contributed by atoms with Crippen molar-refractivity contribution < 1.29 is 24.0 Å². The average molecular weight is 702 g/mol. The number of aromatic nitrogens is 1. The fraction of sp³-hybridized carbons (Fsp3) is 0.368. The third-order valence-electron chi connectivity index (χ3n) is 8.29. The lowest BCUT2D eigenvalue weighted by molar-refractivity contribution is -0.135.